The van der Waals surface area contributed by atoms with Gasteiger partial charge in [-0.05, 0) is 25.1 Å². The fourth-order valence-electron chi connectivity index (χ4n) is 1.11. The predicted molar refractivity (Wildman–Crippen MR) is 55.1 cm³/mol. The third kappa shape index (κ3) is 2.23. The number of carbonyl (C=O) groups is 1. The van der Waals surface area contributed by atoms with Gasteiger partial charge in [-0.25, -0.2) is 9.18 Å². The van der Waals surface area contributed by atoms with Crippen molar-refractivity contribution in [1.82, 2.24) is 0 Å². The van der Waals surface area contributed by atoms with E-state index in [0.717, 1.165) is 4.90 Å². The minimum Gasteiger partial charge on any atom is -0.465 e. The second-order valence-electron chi connectivity index (χ2n) is 2.62. The van der Waals surface area contributed by atoms with Gasteiger partial charge < -0.3 is 5.11 Å². The van der Waals surface area contributed by atoms with Gasteiger partial charge in [0.15, 0.2) is 0 Å². The predicted octanol–water partition coefficient (Wildman–Crippen LogP) is 3.09. The molecular weight excluding hydrogens is 253 g/mol. The van der Waals surface area contributed by atoms with Crippen LogP contribution in [0.25, 0.3) is 0 Å². The number of hydrogen-bond donors (Lipinski definition) is 1. The average molecular weight is 262 g/mol. The lowest BCUT2D eigenvalue weighted by Gasteiger charge is -2.17. The standard InChI is InChI=1S/C9H9BrFNO2/c1-2-12(9(13)14)8-4-3-6(10)5-7(8)11/h3-5H,2H2,1H3,(H,13,14). The van der Waals surface area contributed by atoms with Crippen molar-refractivity contribution in [3.05, 3.63) is 28.5 Å². The number of amides is 1. The molecule has 14 heavy (non-hydrogen) atoms. The van der Waals surface area contributed by atoms with Gasteiger partial charge in [0, 0.05) is 11.0 Å². The molecule has 0 fully saturated rings. The summed E-state index contributed by atoms with van der Waals surface area (Å²) >= 11 is 3.10. The Bertz CT molecular complexity index is 357. The van der Waals surface area contributed by atoms with Gasteiger partial charge in [0.25, 0.3) is 0 Å². The highest BCUT2D eigenvalue weighted by Crippen LogP contribution is 2.22. The van der Waals surface area contributed by atoms with Crippen molar-refractivity contribution in [2.45, 2.75) is 6.92 Å². The van der Waals surface area contributed by atoms with Crippen molar-refractivity contribution in [1.29, 1.82) is 0 Å². The molecule has 0 aliphatic heterocycles. The molecule has 1 N–H and O–H groups in total. The van der Waals surface area contributed by atoms with Gasteiger partial charge >= 0.3 is 6.09 Å². The number of nitrogens with zero attached hydrogens (tertiary/aromatic N) is 1. The highest BCUT2D eigenvalue weighted by molar-refractivity contribution is 9.10. The van der Waals surface area contributed by atoms with E-state index < -0.39 is 11.9 Å². The molecular formula is C9H9BrFNO2. The maximum Gasteiger partial charge on any atom is 0.411 e. The van der Waals surface area contributed by atoms with E-state index in [1.54, 1.807) is 13.0 Å². The lowest BCUT2D eigenvalue weighted by Crippen LogP contribution is -2.29. The van der Waals surface area contributed by atoms with Gasteiger partial charge in [0.2, 0.25) is 0 Å². The van der Waals surface area contributed by atoms with Crippen molar-refractivity contribution in [3.63, 3.8) is 0 Å². The molecule has 0 radical (unpaired) electrons. The van der Waals surface area contributed by atoms with Crippen LogP contribution in [0.2, 0.25) is 0 Å². The normalized spacial score (nSPS) is 9.93. The van der Waals surface area contributed by atoms with Gasteiger partial charge in [-0.2, -0.15) is 0 Å². The summed E-state index contributed by atoms with van der Waals surface area (Å²) in [7, 11) is 0. The van der Waals surface area contributed by atoms with Gasteiger partial charge in [0.1, 0.15) is 5.82 Å². The third-order valence-electron chi connectivity index (χ3n) is 1.75. The first-order valence-corrected chi connectivity index (χ1v) is 4.81. The molecule has 1 aromatic rings. The number of rotatable bonds is 2. The topological polar surface area (TPSA) is 40.5 Å². The van der Waals surface area contributed by atoms with Crippen LogP contribution < -0.4 is 4.90 Å². The number of hydrogen-bond acceptors (Lipinski definition) is 1. The lowest BCUT2D eigenvalue weighted by molar-refractivity contribution is 0.202. The summed E-state index contributed by atoms with van der Waals surface area (Å²) in [6.07, 6.45) is -1.16. The molecule has 1 amide bonds. The molecule has 1 rings (SSSR count). The molecule has 0 atom stereocenters. The maximum absolute atomic E-state index is 13.3. The smallest absolute Gasteiger partial charge is 0.411 e. The Labute approximate surface area is 89.3 Å². The third-order valence-corrected chi connectivity index (χ3v) is 2.24. The van der Waals surface area contributed by atoms with Gasteiger partial charge in [-0.1, -0.05) is 15.9 Å². The maximum atomic E-state index is 13.3. The van der Waals surface area contributed by atoms with E-state index in [0.29, 0.717) is 4.47 Å². The highest BCUT2D eigenvalue weighted by Gasteiger charge is 2.15. The molecule has 5 heteroatoms. The van der Waals surface area contributed by atoms with Crippen LogP contribution in [0.5, 0.6) is 0 Å². The van der Waals surface area contributed by atoms with Crippen molar-refractivity contribution < 1.29 is 14.3 Å². The summed E-state index contributed by atoms with van der Waals surface area (Å²) in [5, 5.41) is 8.77. The van der Waals surface area contributed by atoms with E-state index in [1.165, 1.54) is 12.1 Å². The summed E-state index contributed by atoms with van der Waals surface area (Å²) in [6, 6.07) is 4.27. The number of benzene rings is 1. The van der Waals surface area contributed by atoms with E-state index in [2.05, 4.69) is 15.9 Å². The summed E-state index contributed by atoms with van der Waals surface area (Å²) < 4.78 is 13.9. The first-order valence-electron chi connectivity index (χ1n) is 4.01. The molecule has 0 aromatic heterocycles. The van der Waals surface area contributed by atoms with Crippen LogP contribution in [0.4, 0.5) is 14.9 Å². The molecule has 0 spiro atoms. The fraction of sp³-hybridized carbons (Fsp3) is 0.222. The van der Waals surface area contributed by atoms with Crippen molar-refractivity contribution in [2.24, 2.45) is 0 Å². The van der Waals surface area contributed by atoms with E-state index >= 15 is 0 Å². The van der Waals surface area contributed by atoms with Gasteiger partial charge in [-0.3, -0.25) is 4.90 Å². The largest absolute Gasteiger partial charge is 0.465 e. The molecule has 0 aliphatic rings. The molecule has 0 saturated carbocycles. The molecule has 0 heterocycles. The number of halogens is 2. The zero-order valence-electron chi connectivity index (χ0n) is 7.50. The molecule has 3 nitrogen and oxygen atoms in total. The summed E-state index contributed by atoms with van der Waals surface area (Å²) in [5.41, 5.74) is 0.0724. The Morgan fingerprint density at radius 3 is 2.71 bits per heavy atom. The first-order chi connectivity index (χ1) is 6.56. The SMILES string of the molecule is CCN(C(=O)O)c1ccc(Br)cc1F. The number of carboxylic acid groups (broad SMARTS) is 1. The highest BCUT2D eigenvalue weighted by atomic mass is 79.9. The Kier molecular flexibility index (Phi) is 3.46. The van der Waals surface area contributed by atoms with Crippen molar-refractivity contribution in [3.8, 4) is 0 Å². The Balaban J connectivity index is 3.10. The van der Waals surface area contributed by atoms with Gasteiger partial charge in [0.05, 0.1) is 5.69 Å². The monoisotopic (exact) mass is 261 g/mol. The van der Waals surface area contributed by atoms with E-state index in [9.17, 15) is 9.18 Å². The second kappa shape index (κ2) is 4.41. The van der Waals surface area contributed by atoms with Crippen LogP contribution in [-0.2, 0) is 0 Å². The summed E-state index contributed by atoms with van der Waals surface area (Å²) in [4.78, 5) is 11.7. The minimum absolute atomic E-state index is 0.0724. The quantitative estimate of drug-likeness (QED) is 0.889. The minimum atomic E-state index is -1.16. The Morgan fingerprint density at radius 1 is 1.64 bits per heavy atom. The Hall–Kier alpha value is -1.10. The lowest BCUT2D eigenvalue weighted by atomic mass is 10.3. The van der Waals surface area contributed by atoms with Crippen LogP contribution >= 0.6 is 15.9 Å². The van der Waals surface area contributed by atoms with Gasteiger partial charge in [-0.15, -0.1) is 0 Å². The molecule has 0 aliphatic carbocycles. The van der Waals surface area contributed by atoms with E-state index in [4.69, 9.17) is 5.11 Å². The van der Waals surface area contributed by atoms with E-state index in [-0.39, 0.29) is 12.2 Å². The molecule has 0 saturated heterocycles. The van der Waals surface area contributed by atoms with Crippen LogP contribution in [0, 0.1) is 5.82 Å². The fourth-order valence-corrected chi connectivity index (χ4v) is 1.44. The molecule has 76 valence electrons. The summed E-state index contributed by atoms with van der Waals surface area (Å²) in [5.74, 6) is -0.552. The number of anilines is 1. The zero-order chi connectivity index (χ0) is 10.7. The van der Waals surface area contributed by atoms with Crippen LogP contribution in [0.1, 0.15) is 6.92 Å². The van der Waals surface area contributed by atoms with Crippen molar-refractivity contribution >= 4 is 27.7 Å². The van der Waals surface area contributed by atoms with Crippen molar-refractivity contribution in [2.75, 3.05) is 11.4 Å². The second-order valence-corrected chi connectivity index (χ2v) is 3.54. The van der Waals surface area contributed by atoms with Crippen LogP contribution in [0.15, 0.2) is 22.7 Å². The zero-order valence-corrected chi connectivity index (χ0v) is 9.08. The van der Waals surface area contributed by atoms with Crippen LogP contribution in [-0.4, -0.2) is 17.7 Å². The molecule has 0 bridgehead atoms. The van der Waals surface area contributed by atoms with E-state index in [1.807, 2.05) is 0 Å². The first kappa shape index (κ1) is 11.0. The Morgan fingerprint density at radius 2 is 2.29 bits per heavy atom. The summed E-state index contributed by atoms with van der Waals surface area (Å²) in [6.45, 7) is 1.86. The van der Waals surface area contributed by atoms with Crippen LogP contribution in [0.3, 0.4) is 0 Å². The molecule has 0 unspecified atom stereocenters. The average Bonchev–Trinajstić information content (AvgIpc) is 2.09. The molecule has 1 aromatic carbocycles.